The van der Waals surface area contributed by atoms with E-state index < -0.39 is 0 Å². The summed E-state index contributed by atoms with van der Waals surface area (Å²) in [6, 6.07) is 12.3. The van der Waals surface area contributed by atoms with Gasteiger partial charge in [0.05, 0.1) is 15.4 Å². The summed E-state index contributed by atoms with van der Waals surface area (Å²) in [4.78, 5) is 5.62. The Labute approximate surface area is 161 Å². The molecule has 0 unspecified atom stereocenters. The van der Waals surface area contributed by atoms with E-state index in [1.54, 1.807) is 11.3 Å². The summed E-state index contributed by atoms with van der Waals surface area (Å²) in [5, 5.41) is 4.65. The molecule has 1 fully saturated rings. The fraction of sp³-hybridized carbons (Fsp3) is 0.316. The lowest BCUT2D eigenvalue weighted by atomic mass is 10.0. The molecule has 3 N–H and O–H groups in total. The van der Waals surface area contributed by atoms with E-state index in [0.717, 1.165) is 46.6 Å². The minimum absolute atomic E-state index is 0.182. The fourth-order valence-corrected chi connectivity index (χ4v) is 5.48. The number of benzene rings is 1. The third-order valence-electron chi connectivity index (χ3n) is 4.81. The van der Waals surface area contributed by atoms with Crippen molar-refractivity contribution in [2.75, 3.05) is 5.32 Å². The lowest BCUT2D eigenvalue weighted by Gasteiger charge is -2.13. The van der Waals surface area contributed by atoms with Crippen LogP contribution in [0.25, 0.3) is 10.2 Å². The molecule has 0 spiro atoms. The molecule has 1 aliphatic carbocycles. The number of hydrogen-bond donors (Lipinski definition) is 2. The quantitative estimate of drug-likeness (QED) is 0.551. The Hall–Kier alpha value is -1.33. The number of hydrogen-bond acceptors (Lipinski definition) is 4. The van der Waals surface area contributed by atoms with Gasteiger partial charge >= 0.3 is 0 Å². The van der Waals surface area contributed by atoms with Gasteiger partial charge in [0, 0.05) is 29.4 Å². The number of rotatable bonds is 4. The molecular weight excluding hydrogens is 373 g/mol. The van der Waals surface area contributed by atoms with Crippen molar-refractivity contribution in [3.8, 4) is 0 Å². The monoisotopic (exact) mass is 391 g/mol. The maximum Gasteiger partial charge on any atom is 0.131 e. The van der Waals surface area contributed by atoms with E-state index in [0.29, 0.717) is 16.1 Å². The van der Waals surface area contributed by atoms with Gasteiger partial charge in [-0.2, -0.15) is 0 Å². The maximum absolute atomic E-state index is 6.67. The van der Waals surface area contributed by atoms with Gasteiger partial charge in [-0.05, 0) is 18.4 Å². The molecule has 1 aliphatic rings. The van der Waals surface area contributed by atoms with Crippen LogP contribution in [-0.4, -0.2) is 11.0 Å². The highest BCUT2D eigenvalue weighted by molar-refractivity contribution is 7.20. The van der Waals surface area contributed by atoms with E-state index in [1.165, 1.54) is 5.56 Å². The number of halogens is 2. The highest BCUT2D eigenvalue weighted by Gasteiger charge is 2.30. The number of fused-ring (bicyclic) bond motifs is 1. The molecule has 3 aromatic rings. The average molecular weight is 392 g/mol. The molecule has 130 valence electrons. The number of nitrogens with two attached hydrogens (primary N) is 1. The Morgan fingerprint density at radius 3 is 2.72 bits per heavy atom. The summed E-state index contributed by atoms with van der Waals surface area (Å²) in [5.41, 5.74) is 9.26. The Bertz CT molecular complexity index is 895. The molecular formula is C19H19Cl2N3S. The van der Waals surface area contributed by atoms with E-state index in [4.69, 9.17) is 28.9 Å². The molecule has 25 heavy (non-hydrogen) atoms. The molecule has 2 aromatic heterocycles. The van der Waals surface area contributed by atoms with Crippen LogP contribution in [0.3, 0.4) is 0 Å². The largest absolute Gasteiger partial charge is 0.380 e. The fourth-order valence-electron chi connectivity index (χ4n) is 3.50. The van der Waals surface area contributed by atoms with Crippen molar-refractivity contribution in [2.45, 2.75) is 37.8 Å². The molecule has 1 aromatic carbocycles. The molecule has 4 rings (SSSR count). The zero-order valence-electron chi connectivity index (χ0n) is 13.6. The second-order valence-corrected chi connectivity index (χ2v) is 8.31. The highest BCUT2D eigenvalue weighted by atomic mass is 35.5. The first-order valence-corrected chi connectivity index (χ1v) is 10.0. The predicted octanol–water partition coefficient (Wildman–Crippen LogP) is 5.81. The molecule has 1 saturated carbocycles. The smallest absolute Gasteiger partial charge is 0.131 e. The minimum Gasteiger partial charge on any atom is -0.380 e. The Balaban J connectivity index is 1.71. The van der Waals surface area contributed by atoms with Crippen molar-refractivity contribution in [3.05, 3.63) is 57.0 Å². The van der Waals surface area contributed by atoms with E-state index in [2.05, 4.69) is 22.4 Å². The van der Waals surface area contributed by atoms with Crippen LogP contribution < -0.4 is 11.1 Å². The molecule has 2 heterocycles. The zero-order valence-corrected chi connectivity index (χ0v) is 16.0. The van der Waals surface area contributed by atoms with Gasteiger partial charge in [-0.25, -0.2) is 4.98 Å². The zero-order chi connectivity index (χ0) is 17.4. The lowest BCUT2D eigenvalue weighted by Crippen LogP contribution is -2.22. The van der Waals surface area contributed by atoms with E-state index in [9.17, 15) is 0 Å². The van der Waals surface area contributed by atoms with Crippen LogP contribution >= 0.6 is 34.5 Å². The van der Waals surface area contributed by atoms with E-state index >= 15 is 0 Å². The highest BCUT2D eigenvalue weighted by Crippen LogP contribution is 2.47. The first-order valence-electron chi connectivity index (χ1n) is 8.45. The molecule has 0 saturated heterocycles. The summed E-state index contributed by atoms with van der Waals surface area (Å²) in [7, 11) is 0. The van der Waals surface area contributed by atoms with Gasteiger partial charge in [0.25, 0.3) is 0 Å². The van der Waals surface area contributed by atoms with Crippen LogP contribution in [0.4, 0.5) is 5.69 Å². The van der Waals surface area contributed by atoms with Gasteiger partial charge in [0.2, 0.25) is 0 Å². The van der Waals surface area contributed by atoms with Crippen LogP contribution in [0.5, 0.6) is 0 Å². The van der Waals surface area contributed by atoms with Crippen LogP contribution in [0.15, 0.2) is 36.4 Å². The van der Waals surface area contributed by atoms with Crippen molar-refractivity contribution >= 4 is 50.4 Å². The van der Waals surface area contributed by atoms with E-state index in [-0.39, 0.29) is 6.04 Å². The molecule has 0 bridgehead atoms. The second-order valence-electron chi connectivity index (χ2n) is 6.49. The van der Waals surface area contributed by atoms with Crippen molar-refractivity contribution in [3.63, 3.8) is 0 Å². The van der Waals surface area contributed by atoms with Crippen molar-refractivity contribution in [1.82, 2.24) is 4.98 Å². The predicted molar refractivity (Wildman–Crippen MR) is 108 cm³/mol. The third-order valence-corrected chi connectivity index (χ3v) is 6.84. The van der Waals surface area contributed by atoms with Crippen LogP contribution in [0.1, 0.15) is 35.6 Å². The van der Waals surface area contributed by atoms with Gasteiger partial charge in [0.1, 0.15) is 10.7 Å². The van der Waals surface area contributed by atoms with Gasteiger partial charge < -0.3 is 11.1 Å². The van der Waals surface area contributed by atoms with Gasteiger partial charge in [-0.15, -0.1) is 11.3 Å². The van der Waals surface area contributed by atoms with Crippen LogP contribution in [0, 0.1) is 0 Å². The second kappa shape index (κ2) is 7.12. The minimum atomic E-state index is 0.182. The lowest BCUT2D eigenvalue weighted by molar-refractivity contribution is 0.622. The van der Waals surface area contributed by atoms with Crippen molar-refractivity contribution in [1.29, 1.82) is 0 Å². The summed E-state index contributed by atoms with van der Waals surface area (Å²) in [6.45, 7) is 0.726. The van der Waals surface area contributed by atoms with E-state index in [1.807, 2.05) is 24.3 Å². The number of pyridine rings is 1. The van der Waals surface area contributed by atoms with Crippen LogP contribution in [-0.2, 0) is 6.54 Å². The molecule has 0 radical (unpaired) electrons. The molecule has 3 nitrogen and oxygen atoms in total. The summed E-state index contributed by atoms with van der Waals surface area (Å²) < 4.78 is 1.06. The number of thiophene rings is 1. The Kier molecular flexibility index (Phi) is 4.87. The number of nitrogens with one attached hydrogen (secondary N) is 1. The number of nitrogens with zero attached hydrogens (tertiary/aromatic N) is 1. The molecule has 0 amide bonds. The molecule has 6 heteroatoms. The number of anilines is 1. The first-order chi connectivity index (χ1) is 12.1. The maximum atomic E-state index is 6.67. The Morgan fingerprint density at radius 2 is 2.00 bits per heavy atom. The SMILES string of the molecule is N[C@@H]1CCC[C@H]1c1sc2c(NCc3ccccc3)cc(Cl)nc2c1Cl. The average Bonchev–Trinajstić information content (AvgIpc) is 3.17. The van der Waals surface area contributed by atoms with Crippen LogP contribution in [0.2, 0.25) is 10.2 Å². The molecule has 2 atom stereocenters. The summed E-state index contributed by atoms with van der Waals surface area (Å²) >= 11 is 14.6. The normalized spacial score (nSPS) is 20.3. The van der Waals surface area contributed by atoms with Gasteiger partial charge in [-0.1, -0.05) is 60.0 Å². The third kappa shape index (κ3) is 3.36. The van der Waals surface area contributed by atoms with Crippen molar-refractivity contribution < 1.29 is 0 Å². The first kappa shape index (κ1) is 17.1. The molecule has 0 aliphatic heterocycles. The summed E-state index contributed by atoms with van der Waals surface area (Å²) in [6.07, 6.45) is 3.31. The van der Waals surface area contributed by atoms with Gasteiger partial charge in [-0.3, -0.25) is 0 Å². The van der Waals surface area contributed by atoms with Crippen molar-refractivity contribution in [2.24, 2.45) is 5.73 Å². The number of aromatic nitrogens is 1. The summed E-state index contributed by atoms with van der Waals surface area (Å²) in [5.74, 6) is 0.326. The topological polar surface area (TPSA) is 50.9 Å². The Morgan fingerprint density at radius 1 is 1.20 bits per heavy atom. The standard InChI is InChI=1S/C19H19Cl2N3S/c20-15-9-14(23-10-11-5-2-1-3-6-11)19-17(24-15)16(21)18(25-19)12-7-4-8-13(12)22/h1-3,5-6,9,12-13H,4,7-8,10,22H2,(H,23,24)/t12-,13-/m1/s1. The van der Waals surface area contributed by atoms with Gasteiger partial charge in [0.15, 0.2) is 0 Å².